The van der Waals surface area contributed by atoms with E-state index in [4.69, 9.17) is 9.47 Å². The van der Waals surface area contributed by atoms with Gasteiger partial charge in [-0.1, -0.05) is 47.7 Å². The van der Waals surface area contributed by atoms with Crippen molar-refractivity contribution >= 4 is 34.5 Å². The first kappa shape index (κ1) is 22.7. The number of allylic oxidation sites excluding steroid dienone is 1. The molecule has 0 saturated carbocycles. The molecule has 1 N–H and O–H groups in total. The van der Waals surface area contributed by atoms with Crippen molar-refractivity contribution in [1.82, 2.24) is 4.90 Å². The van der Waals surface area contributed by atoms with Gasteiger partial charge in [0.15, 0.2) is 11.8 Å². The average molecular weight is 464 g/mol. The highest BCUT2D eigenvalue weighted by Gasteiger charge is 2.38. The first-order valence-electron chi connectivity index (χ1n) is 10.6. The molecule has 0 bridgehead atoms. The second-order valence-electron chi connectivity index (χ2n) is 7.57. The molecule has 33 heavy (non-hydrogen) atoms. The molecule has 0 aliphatic carbocycles. The van der Waals surface area contributed by atoms with Crippen LogP contribution < -0.4 is 10.1 Å². The molecule has 0 aromatic heterocycles. The van der Waals surface area contributed by atoms with Crippen molar-refractivity contribution in [3.63, 3.8) is 0 Å². The second-order valence-corrected chi connectivity index (χ2v) is 8.44. The van der Waals surface area contributed by atoms with E-state index in [2.05, 4.69) is 10.3 Å². The molecule has 2 aliphatic rings. The molecule has 2 heterocycles. The molecule has 2 aromatic rings. The van der Waals surface area contributed by atoms with Crippen LogP contribution in [-0.2, 0) is 14.3 Å². The summed E-state index contributed by atoms with van der Waals surface area (Å²) in [6.45, 7) is 5.67. The van der Waals surface area contributed by atoms with Crippen LogP contribution in [0.5, 0.6) is 5.75 Å². The van der Waals surface area contributed by atoms with E-state index < -0.39 is 12.0 Å². The third-order valence-corrected chi connectivity index (χ3v) is 5.99. The number of anilines is 1. The summed E-state index contributed by atoms with van der Waals surface area (Å²) in [6, 6.07) is 14.5. The highest BCUT2D eigenvalue weighted by atomic mass is 32.2. The minimum Gasteiger partial charge on any atom is -0.483 e. The number of nitrogens with one attached hydrogen (secondary N) is 1. The Morgan fingerprint density at radius 1 is 1.12 bits per heavy atom. The number of amides is 1. The minimum atomic E-state index is -0.473. The summed E-state index contributed by atoms with van der Waals surface area (Å²) in [6.07, 6.45) is 1.89. The standard InChI is InChI=1S/C25H25N3O4S/c1-4-31-24(30)22-17(3)26-25-28(13-14-33-25)23(22)19-7-5-6-8-20(19)32-15-21(29)27-18-11-9-16(2)10-12-18/h5-14,23H,4,15H2,1-3H3,(H,27,29). The molecule has 4 rings (SSSR count). The van der Waals surface area contributed by atoms with Crippen molar-refractivity contribution in [3.05, 3.63) is 82.5 Å². The largest absolute Gasteiger partial charge is 0.483 e. The van der Waals surface area contributed by atoms with Gasteiger partial charge in [-0.3, -0.25) is 4.79 Å². The van der Waals surface area contributed by atoms with E-state index in [1.165, 1.54) is 11.8 Å². The van der Waals surface area contributed by atoms with Crippen molar-refractivity contribution in [2.24, 2.45) is 4.99 Å². The second kappa shape index (κ2) is 9.95. The van der Waals surface area contributed by atoms with Crippen molar-refractivity contribution in [2.45, 2.75) is 26.8 Å². The van der Waals surface area contributed by atoms with E-state index in [1.807, 2.05) is 65.9 Å². The molecule has 1 atom stereocenters. The number of carbonyl (C=O) groups excluding carboxylic acids is 2. The number of nitrogens with zero attached hydrogens (tertiary/aromatic N) is 2. The number of ether oxygens (including phenoxy) is 2. The Balaban J connectivity index is 1.59. The third-order valence-electron chi connectivity index (χ3n) is 5.22. The van der Waals surface area contributed by atoms with Gasteiger partial charge in [-0.2, -0.15) is 0 Å². The first-order chi connectivity index (χ1) is 16.0. The normalized spacial score (nSPS) is 16.9. The van der Waals surface area contributed by atoms with E-state index in [1.54, 1.807) is 19.9 Å². The van der Waals surface area contributed by atoms with E-state index in [-0.39, 0.29) is 19.1 Å². The number of fused-ring (bicyclic) bond motifs is 1. The molecule has 1 unspecified atom stereocenters. The molecule has 0 saturated heterocycles. The number of carbonyl (C=O) groups is 2. The monoisotopic (exact) mass is 463 g/mol. The van der Waals surface area contributed by atoms with Gasteiger partial charge in [-0.05, 0) is 44.4 Å². The Labute approximate surface area is 197 Å². The van der Waals surface area contributed by atoms with Crippen LogP contribution in [0.1, 0.15) is 31.0 Å². The number of hydrogen-bond donors (Lipinski definition) is 1. The van der Waals surface area contributed by atoms with Crippen molar-refractivity contribution in [2.75, 3.05) is 18.5 Å². The fourth-order valence-electron chi connectivity index (χ4n) is 3.69. The Morgan fingerprint density at radius 3 is 2.64 bits per heavy atom. The van der Waals surface area contributed by atoms with Gasteiger partial charge >= 0.3 is 5.97 Å². The van der Waals surface area contributed by atoms with Crippen LogP contribution in [0, 0.1) is 6.92 Å². The predicted octanol–water partition coefficient (Wildman–Crippen LogP) is 4.78. The van der Waals surface area contributed by atoms with E-state index >= 15 is 0 Å². The van der Waals surface area contributed by atoms with Gasteiger partial charge in [0.05, 0.1) is 23.9 Å². The van der Waals surface area contributed by atoms with Gasteiger partial charge in [0.2, 0.25) is 0 Å². The number of para-hydroxylation sites is 1. The van der Waals surface area contributed by atoms with Crippen molar-refractivity contribution in [3.8, 4) is 5.75 Å². The number of aryl methyl sites for hydroxylation is 1. The van der Waals surface area contributed by atoms with E-state index in [0.717, 1.165) is 16.3 Å². The molecular weight excluding hydrogens is 438 g/mol. The highest BCUT2D eigenvalue weighted by molar-refractivity contribution is 8.16. The van der Waals surface area contributed by atoms with Crippen LogP contribution in [0.25, 0.3) is 0 Å². The van der Waals surface area contributed by atoms with E-state index in [0.29, 0.717) is 22.7 Å². The third kappa shape index (κ3) is 4.96. The average Bonchev–Trinajstić information content (AvgIpc) is 3.27. The van der Waals surface area contributed by atoms with Crippen LogP contribution in [0.3, 0.4) is 0 Å². The topological polar surface area (TPSA) is 80.2 Å². The molecule has 170 valence electrons. The first-order valence-corrected chi connectivity index (χ1v) is 11.5. The molecular formula is C25H25N3O4S. The van der Waals surface area contributed by atoms with Gasteiger partial charge in [-0.25, -0.2) is 9.79 Å². The SMILES string of the molecule is CCOC(=O)C1=C(C)N=C2SC=CN2C1c1ccccc1OCC(=O)Nc1ccc(C)cc1. The lowest BCUT2D eigenvalue weighted by atomic mass is 9.94. The molecule has 7 nitrogen and oxygen atoms in total. The Kier molecular flexibility index (Phi) is 6.84. The Bertz CT molecular complexity index is 1150. The number of aliphatic imine (C=N–C) groups is 1. The number of esters is 1. The van der Waals surface area contributed by atoms with E-state index in [9.17, 15) is 9.59 Å². The summed E-state index contributed by atoms with van der Waals surface area (Å²) in [4.78, 5) is 31.9. The van der Waals surface area contributed by atoms with Gasteiger partial charge in [0, 0.05) is 17.5 Å². The van der Waals surface area contributed by atoms with Gasteiger partial charge in [0.25, 0.3) is 5.91 Å². The number of amidine groups is 1. The maximum Gasteiger partial charge on any atom is 0.338 e. The zero-order valence-electron chi connectivity index (χ0n) is 18.7. The fourth-order valence-corrected chi connectivity index (χ4v) is 4.48. The zero-order chi connectivity index (χ0) is 23.4. The summed E-state index contributed by atoms with van der Waals surface area (Å²) in [5.74, 6) is -0.170. The maximum absolute atomic E-state index is 12.9. The molecule has 1 amide bonds. The molecule has 2 aliphatic heterocycles. The van der Waals surface area contributed by atoms with Crippen molar-refractivity contribution < 1.29 is 19.1 Å². The highest BCUT2D eigenvalue weighted by Crippen LogP contribution is 2.43. The number of benzene rings is 2. The van der Waals surface area contributed by atoms with Gasteiger partial charge in [0.1, 0.15) is 5.75 Å². The minimum absolute atomic E-state index is 0.166. The summed E-state index contributed by atoms with van der Waals surface area (Å²) in [7, 11) is 0. The van der Waals surface area contributed by atoms with Crippen LogP contribution in [0.4, 0.5) is 5.69 Å². The lowest BCUT2D eigenvalue weighted by Crippen LogP contribution is -2.34. The summed E-state index contributed by atoms with van der Waals surface area (Å²) in [5.41, 5.74) is 3.63. The molecule has 2 aromatic carbocycles. The number of rotatable bonds is 7. The van der Waals surface area contributed by atoms with Crippen LogP contribution in [0.2, 0.25) is 0 Å². The fraction of sp³-hybridized carbons (Fsp3) is 0.240. The molecule has 0 radical (unpaired) electrons. The summed E-state index contributed by atoms with van der Waals surface area (Å²) in [5, 5.41) is 5.53. The zero-order valence-corrected chi connectivity index (χ0v) is 19.5. The molecule has 0 spiro atoms. The lowest BCUT2D eigenvalue weighted by molar-refractivity contribution is -0.139. The van der Waals surface area contributed by atoms with Crippen molar-refractivity contribution in [1.29, 1.82) is 0 Å². The number of hydrogen-bond acceptors (Lipinski definition) is 7. The van der Waals surface area contributed by atoms with Gasteiger partial charge < -0.3 is 19.7 Å². The van der Waals surface area contributed by atoms with Crippen LogP contribution >= 0.6 is 11.8 Å². The van der Waals surface area contributed by atoms with Crippen LogP contribution in [-0.4, -0.2) is 35.2 Å². The Morgan fingerprint density at radius 2 is 1.88 bits per heavy atom. The van der Waals surface area contributed by atoms with Crippen LogP contribution in [0.15, 0.2) is 76.4 Å². The van der Waals surface area contributed by atoms with Gasteiger partial charge in [-0.15, -0.1) is 0 Å². The summed E-state index contributed by atoms with van der Waals surface area (Å²) < 4.78 is 11.3. The molecule has 0 fully saturated rings. The molecule has 8 heteroatoms. The number of thioether (sulfide) groups is 1. The quantitative estimate of drug-likeness (QED) is 0.595. The Hall–Kier alpha value is -3.52. The lowest BCUT2D eigenvalue weighted by Gasteiger charge is -2.34. The smallest absolute Gasteiger partial charge is 0.338 e. The maximum atomic E-state index is 12.9. The summed E-state index contributed by atoms with van der Waals surface area (Å²) >= 11 is 1.49. The predicted molar refractivity (Wildman–Crippen MR) is 130 cm³/mol.